The van der Waals surface area contributed by atoms with E-state index >= 15 is 0 Å². The molecule has 0 spiro atoms. The second-order valence-electron chi connectivity index (χ2n) is 8.07. The number of rotatable bonds is 9. The zero-order valence-corrected chi connectivity index (χ0v) is 20.4. The monoisotopic (exact) mass is 568 g/mol. The molecule has 1 aliphatic rings. The van der Waals surface area contributed by atoms with Crippen molar-refractivity contribution in [2.24, 2.45) is 0 Å². The van der Waals surface area contributed by atoms with Crippen molar-refractivity contribution in [3.63, 3.8) is 0 Å². The van der Waals surface area contributed by atoms with Gasteiger partial charge in [-0.15, -0.1) is 0 Å². The number of para-hydroxylation sites is 2. The Balaban J connectivity index is 1.50. The molecule has 1 aliphatic carbocycles. The molecular weight excluding hydrogens is 549 g/mol. The highest BCUT2D eigenvalue weighted by Gasteiger charge is 2.41. The molecule has 0 saturated heterocycles. The maximum absolute atomic E-state index is 13.3. The molecule has 1 fully saturated rings. The lowest BCUT2D eigenvalue weighted by Gasteiger charge is -2.12. The van der Waals surface area contributed by atoms with E-state index in [1.165, 1.54) is 23.9 Å². The van der Waals surface area contributed by atoms with Gasteiger partial charge in [0.2, 0.25) is 5.91 Å². The third-order valence-corrected chi connectivity index (χ3v) is 6.18. The van der Waals surface area contributed by atoms with E-state index in [0.29, 0.717) is 17.2 Å². The maximum atomic E-state index is 13.3. The number of benzene rings is 2. The van der Waals surface area contributed by atoms with Crippen LogP contribution < -0.4 is 14.8 Å². The molecule has 1 N–H and O–H groups in total. The van der Waals surface area contributed by atoms with Gasteiger partial charge in [0.05, 0.1) is 40.5 Å². The first-order chi connectivity index (χ1) is 17.1. The Bertz CT molecular complexity index is 1310. The average Bonchev–Trinajstić information content (AvgIpc) is 3.59. The molecule has 0 bridgehead atoms. The number of aromatic nitrogens is 2. The van der Waals surface area contributed by atoms with Gasteiger partial charge in [0, 0.05) is 24.5 Å². The fraction of sp³-hybridized carbons (Fsp3) is 0.304. The molecule has 1 aromatic heterocycles. The Kier molecular flexibility index (Phi) is 7.20. The predicted octanol–water partition coefficient (Wildman–Crippen LogP) is 6.28. The largest absolute Gasteiger partial charge is 0.493 e. The van der Waals surface area contributed by atoms with Crippen molar-refractivity contribution < 1.29 is 32.4 Å². The van der Waals surface area contributed by atoms with Crippen molar-refractivity contribution in [2.75, 3.05) is 12.4 Å². The first kappa shape index (κ1) is 25.5. The van der Waals surface area contributed by atoms with Crippen molar-refractivity contribution in [1.29, 1.82) is 0 Å². The smallest absolute Gasteiger partial charge is 0.436 e. The van der Waals surface area contributed by atoms with Crippen LogP contribution in [0.5, 0.6) is 17.2 Å². The molecule has 0 radical (unpaired) electrons. The summed E-state index contributed by atoms with van der Waals surface area (Å²) in [6.07, 6.45) is -3.33. The number of nitro benzene ring substituents is 1. The quantitative estimate of drug-likeness (QED) is 0.240. The normalized spacial score (nSPS) is 13.4. The van der Waals surface area contributed by atoms with Crippen LogP contribution in [0.3, 0.4) is 0 Å². The summed E-state index contributed by atoms with van der Waals surface area (Å²) < 4.78 is 51.9. The minimum absolute atomic E-state index is 0.0440. The van der Waals surface area contributed by atoms with E-state index < -0.39 is 22.7 Å². The molecule has 0 atom stereocenters. The Morgan fingerprint density at radius 3 is 2.56 bits per heavy atom. The zero-order chi connectivity index (χ0) is 26.0. The minimum atomic E-state index is -4.63. The lowest BCUT2D eigenvalue weighted by molar-refractivity contribution is -0.384. The summed E-state index contributed by atoms with van der Waals surface area (Å²) in [7, 11) is 1.45. The van der Waals surface area contributed by atoms with E-state index in [1.807, 2.05) is 0 Å². The molecule has 1 amide bonds. The number of ether oxygens (including phenoxy) is 2. The maximum Gasteiger partial charge on any atom is 0.436 e. The van der Waals surface area contributed by atoms with Gasteiger partial charge in [-0.3, -0.25) is 19.6 Å². The number of anilines is 1. The molecule has 4 rings (SSSR count). The van der Waals surface area contributed by atoms with E-state index in [1.54, 1.807) is 24.3 Å². The van der Waals surface area contributed by atoms with Crippen LogP contribution in [-0.4, -0.2) is 27.7 Å². The van der Waals surface area contributed by atoms with Crippen LogP contribution in [0.25, 0.3) is 0 Å². The molecule has 0 aliphatic heterocycles. The highest BCUT2D eigenvalue weighted by Crippen LogP contribution is 2.47. The van der Waals surface area contributed by atoms with E-state index in [2.05, 4.69) is 26.3 Å². The van der Waals surface area contributed by atoms with E-state index in [9.17, 15) is 28.1 Å². The SMILES string of the molecule is COc1ccccc1Oc1cc(NC(=O)CCn2nc(C(F)(F)F)c(Br)c2C2CC2)cc([N+](=O)[O-])c1. The minimum Gasteiger partial charge on any atom is -0.493 e. The summed E-state index contributed by atoms with van der Waals surface area (Å²) in [4.78, 5) is 23.4. The van der Waals surface area contributed by atoms with Gasteiger partial charge in [-0.25, -0.2) is 0 Å². The van der Waals surface area contributed by atoms with Crippen LogP contribution in [0.1, 0.15) is 36.6 Å². The number of hydrogen-bond acceptors (Lipinski definition) is 6. The topological polar surface area (TPSA) is 109 Å². The van der Waals surface area contributed by atoms with Crippen molar-refractivity contribution in [1.82, 2.24) is 9.78 Å². The number of nitrogens with one attached hydrogen (secondary N) is 1. The standard InChI is InChI=1S/C23H20BrF3N4O5/c1-35-17-4-2-3-5-18(17)36-16-11-14(10-15(12-16)31(33)34)28-19(32)8-9-30-21(13-6-7-13)20(24)22(29-30)23(25,26)27/h2-5,10-13H,6-9H2,1H3,(H,28,32). The van der Waals surface area contributed by atoms with E-state index in [-0.39, 0.29) is 40.5 Å². The lowest BCUT2D eigenvalue weighted by atomic mass is 10.2. The van der Waals surface area contributed by atoms with Crippen LogP contribution >= 0.6 is 15.9 Å². The van der Waals surface area contributed by atoms with Crippen molar-refractivity contribution in [3.8, 4) is 17.2 Å². The molecule has 2 aromatic carbocycles. The number of non-ortho nitro benzene ring substituents is 1. The molecule has 1 saturated carbocycles. The van der Waals surface area contributed by atoms with Gasteiger partial charge in [0.1, 0.15) is 5.75 Å². The van der Waals surface area contributed by atoms with Crippen molar-refractivity contribution >= 4 is 33.2 Å². The summed E-state index contributed by atoms with van der Waals surface area (Å²) >= 11 is 3.02. The van der Waals surface area contributed by atoms with Gasteiger partial charge in [0.15, 0.2) is 17.2 Å². The van der Waals surface area contributed by atoms with Gasteiger partial charge >= 0.3 is 6.18 Å². The van der Waals surface area contributed by atoms with Crippen LogP contribution in [-0.2, 0) is 17.5 Å². The van der Waals surface area contributed by atoms with E-state index in [4.69, 9.17) is 9.47 Å². The van der Waals surface area contributed by atoms with Crippen LogP contribution in [0.2, 0.25) is 0 Å². The molecule has 3 aromatic rings. The molecule has 13 heteroatoms. The van der Waals surface area contributed by atoms with E-state index in [0.717, 1.165) is 18.9 Å². The second kappa shape index (κ2) is 10.2. The number of halogens is 4. The first-order valence-corrected chi connectivity index (χ1v) is 11.6. The molecule has 9 nitrogen and oxygen atoms in total. The number of nitro groups is 1. The second-order valence-corrected chi connectivity index (χ2v) is 8.86. The van der Waals surface area contributed by atoms with Crippen molar-refractivity contribution in [2.45, 2.75) is 37.9 Å². The molecular formula is C23H20BrF3N4O5. The Morgan fingerprint density at radius 2 is 1.94 bits per heavy atom. The van der Waals surface area contributed by atoms with Crippen LogP contribution in [0, 0.1) is 10.1 Å². The summed E-state index contributed by atoms with van der Waals surface area (Å²) in [5.74, 6) is 0.212. The summed E-state index contributed by atoms with van der Waals surface area (Å²) in [5, 5.41) is 17.6. The third-order valence-electron chi connectivity index (χ3n) is 5.40. The number of methoxy groups -OCH3 is 1. The highest BCUT2D eigenvalue weighted by atomic mass is 79.9. The molecule has 1 heterocycles. The van der Waals surface area contributed by atoms with Gasteiger partial charge in [-0.1, -0.05) is 12.1 Å². The number of amides is 1. The van der Waals surface area contributed by atoms with Gasteiger partial charge in [0.25, 0.3) is 5.69 Å². The van der Waals surface area contributed by atoms with Gasteiger partial charge in [-0.2, -0.15) is 18.3 Å². The number of aryl methyl sites for hydroxylation is 1. The Hall–Kier alpha value is -3.61. The fourth-order valence-electron chi connectivity index (χ4n) is 3.63. The number of nitrogens with zero attached hydrogens (tertiary/aromatic N) is 3. The fourth-order valence-corrected chi connectivity index (χ4v) is 4.46. The van der Waals surface area contributed by atoms with Gasteiger partial charge in [-0.05, 0) is 40.9 Å². The Morgan fingerprint density at radius 1 is 1.25 bits per heavy atom. The van der Waals surface area contributed by atoms with Crippen LogP contribution in [0.15, 0.2) is 46.9 Å². The molecule has 190 valence electrons. The first-order valence-electron chi connectivity index (χ1n) is 10.8. The highest BCUT2D eigenvalue weighted by molar-refractivity contribution is 9.10. The average molecular weight is 569 g/mol. The number of hydrogen-bond donors (Lipinski definition) is 1. The number of carbonyl (C=O) groups is 1. The summed E-state index contributed by atoms with van der Waals surface area (Å²) in [5.41, 5.74) is -0.835. The Labute approximate surface area is 211 Å². The number of alkyl halides is 3. The molecule has 36 heavy (non-hydrogen) atoms. The third kappa shape index (κ3) is 5.78. The zero-order valence-electron chi connectivity index (χ0n) is 18.8. The predicted molar refractivity (Wildman–Crippen MR) is 126 cm³/mol. The van der Waals surface area contributed by atoms with Crippen LogP contribution in [0.4, 0.5) is 24.5 Å². The summed E-state index contributed by atoms with van der Waals surface area (Å²) in [6.45, 7) is -0.0914. The molecule has 0 unspecified atom stereocenters. The van der Waals surface area contributed by atoms with Gasteiger partial charge < -0.3 is 14.8 Å². The lowest BCUT2D eigenvalue weighted by Crippen LogP contribution is -2.16. The number of carbonyl (C=O) groups excluding carboxylic acids is 1. The summed E-state index contributed by atoms with van der Waals surface area (Å²) in [6, 6.07) is 10.5. The van der Waals surface area contributed by atoms with Crippen molar-refractivity contribution in [3.05, 3.63) is 68.4 Å².